The molecule has 1 amide bonds. The van der Waals surface area contributed by atoms with Crippen LogP contribution in [0.4, 0.5) is 0 Å². The second-order valence-corrected chi connectivity index (χ2v) is 5.01. The molecule has 2 N–H and O–H groups in total. The Labute approximate surface area is 113 Å². The van der Waals surface area contributed by atoms with Crippen LogP contribution in [0.15, 0.2) is 18.3 Å². The Morgan fingerprint density at radius 2 is 2.21 bits per heavy atom. The zero-order valence-corrected chi connectivity index (χ0v) is 11.2. The number of carbonyl (C=O) groups is 1. The van der Waals surface area contributed by atoms with E-state index in [1.165, 1.54) is 7.11 Å². The van der Waals surface area contributed by atoms with Gasteiger partial charge in [0.2, 0.25) is 5.88 Å². The summed E-state index contributed by atoms with van der Waals surface area (Å²) >= 11 is 0. The maximum Gasteiger partial charge on any atom is 0.257 e. The molecule has 0 aliphatic heterocycles. The fourth-order valence-electron chi connectivity index (χ4n) is 2.59. The standard InChI is InChI=1S/C14H20N2O3/c1-19-13-11(6-5-9-15-13)12(18)16-14(10-17)7-3-2-4-8-14/h5-6,9,17H,2-4,7-8,10H2,1H3,(H,16,18). The van der Waals surface area contributed by atoms with Crippen molar-refractivity contribution < 1.29 is 14.6 Å². The monoisotopic (exact) mass is 264 g/mol. The molecule has 5 heteroatoms. The molecule has 1 saturated carbocycles. The highest BCUT2D eigenvalue weighted by molar-refractivity contribution is 5.96. The van der Waals surface area contributed by atoms with Crippen molar-refractivity contribution in [2.45, 2.75) is 37.6 Å². The van der Waals surface area contributed by atoms with Crippen LogP contribution in [0.1, 0.15) is 42.5 Å². The largest absolute Gasteiger partial charge is 0.480 e. The number of hydrogen-bond donors (Lipinski definition) is 2. The van der Waals surface area contributed by atoms with Gasteiger partial charge in [-0.2, -0.15) is 0 Å². The predicted molar refractivity (Wildman–Crippen MR) is 71.2 cm³/mol. The van der Waals surface area contributed by atoms with E-state index in [0.29, 0.717) is 11.4 Å². The van der Waals surface area contributed by atoms with Crippen molar-refractivity contribution in [2.75, 3.05) is 13.7 Å². The molecule has 1 aromatic rings. The molecule has 19 heavy (non-hydrogen) atoms. The van der Waals surface area contributed by atoms with Gasteiger partial charge in [0.05, 0.1) is 19.3 Å². The smallest absolute Gasteiger partial charge is 0.257 e. The lowest BCUT2D eigenvalue weighted by molar-refractivity contribution is 0.0755. The first kappa shape index (κ1) is 13.8. The number of aliphatic hydroxyl groups is 1. The molecule has 1 aliphatic rings. The van der Waals surface area contributed by atoms with Crippen molar-refractivity contribution in [1.29, 1.82) is 0 Å². The summed E-state index contributed by atoms with van der Waals surface area (Å²) in [6, 6.07) is 3.37. The molecule has 0 aromatic carbocycles. The Bertz CT molecular complexity index is 442. The van der Waals surface area contributed by atoms with Gasteiger partial charge < -0.3 is 15.2 Å². The van der Waals surface area contributed by atoms with Crippen molar-refractivity contribution in [2.24, 2.45) is 0 Å². The summed E-state index contributed by atoms with van der Waals surface area (Å²) < 4.78 is 5.09. The molecule has 0 bridgehead atoms. The molecule has 2 rings (SSSR count). The number of aliphatic hydroxyl groups excluding tert-OH is 1. The lowest BCUT2D eigenvalue weighted by Crippen LogP contribution is -2.52. The lowest BCUT2D eigenvalue weighted by Gasteiger charge is -2.36. The molecule has 0 atom stereocenters. The van der Waals surface area contributed by atoms with Crippen LogP contribution in [0, 0.1) is 0 Å². The third-order valence-corrected chi connectivity index (χ3v) is 3.70. The number of carbonyl (C=O) groups excluding carboxylic acids is 1. The number of aromatic nitrogens is 1. The van der Waals surface area contributed by atoms with Crippen LogP contribution in [-0.2, 0) is 0 Å². The second kappa shape index (κ2) is 6.02. The number of methoxy groups -OCH3 is 1. The average Bonchev–Trinajstić information content (AvgIpc) is 2.48. The topological polar surface area (TPSA) is 71.5 Å². The first-order valence-corrected chi connectivity index (χ1v) is 6.63. The molecule has 104 valence electrons. The van der Waals surface area contributed by atoms with Crippen molar-refractivity contribution in [3.05, 3.63) is 23.9 Å². The number of rotatable bonds is 4. The van der Waals surface area contributed by atoms with E-state index in [1.54, 1.807) is 18.3 Å². The fourth-order valence-corrected chi connectivity index (χ4v) is 2.59. The maximum absolute atomic E-state index is 12.3. The third-order valence-electron chi connectivity index (χ3n) is 3.70. The first-order chi connectivity index (χ1) is 9.21. The highest BCUT2D eigenvalue weighted by Crippen LogP contribution is 2.28. The summed E-state index contributed by atoms with van der Waals surface area (Å²) in [5.41, 5.74) is -0.0840. The zero-order valence-electron chi connectivity index (χ0n) is 11.2. The number of pyridine rings is 1. The summed E-state index contributed by atoms with van der Waals surface area (Å²) in [5.74, 6) is 0.0739. The van der Waals surface area contributed by atoms with Crippen LogP contribution in [-0.4, -0.2) is 35.3 Å². The number of nitrogens with zero attached hydrogens (tertiary/aromatic N) is 1. The number of amides is 1. The van der Waals surface area contributed by atoms with Gasteiger partial charge >= 0.3 is 0 Å². The second-order valence-electron chi connectivity index (χ2n) is 5.01. The molecular formula is C14H20N2O3. The molecule has 1 aliphatic carbocycles. The molecule has 1 aromatic heterocycles. The molecule has 0 spiro atoms. The lowest BCUT2D eigenvalue weighted by atomic mass is 9.82. The van der Waals surface area contributed by atoms with E-state index in [9.17, 15) is 9.90 Å². The highest BCUT2D eigenvalue weighted by Gasteiger charge is 2.33. The predicted octanol–water partition coefficient (Wildman–Crippen LogP) is 1.52. The molecule has 5 nitrogen and oxygen atoms in total. The van der Waals surface area contributed by atoms with E-state index in [4.69, 9.17) is 4.74 Å². The summed E-state index contributed by atoms with van der Waals surface area (Å²) in [4.78, 5) is 16.3. The van der Waals surface area contributed by atoms with Crippen LogP contribution in [0.2, 0.25) is 0 Å². The van der Waals surface area contributed by atoms with E-state index in [1.807, 2.05) is 0 Å². The maximum atomic E-state index is 12.3. The molecular weight excluding hydrogens is 244 g/mol. The van der Waals surface area contributed by atoms with Gasteiger partial charge in [0, 0.05) is 6.20 Å². The van der Waals surface area contributed by atoms with E-state index in [2.05, 4.69) is 10.3 Å². The molecule has 0 unspecified atom stereocenters. The molecule has 0 radical (unpaired) electrons. The first-order valence-electron chi connectivity index (χ1n) is 6.63. The van der Waals surface area contributed by atoms with E-state index < -0.39 is 5.54 Å². The summed E-state index contributed by atoms with van der Waals surface area (Å²) in [6.45, 7) is -0.0265. The Morgan fingerprint density at radius 1 is 1.47 bits per heavy atom. The number of nitrogens with one attached hydrogen (secondary N) is 1. The minimum atomic E-state index is -0.490. The Kier molecular flexibility index (Phi) is 4.37. The fraction of sp³-hybridized carbons (Fsp3) is 0.571. The van der Waals surface area contributed by atoms with Crippen LogP contribution in [0.5, 0.6) is 5.88 Å². The van der Waals surface area contributed by atoms with E-state index in [0.717, 1.165) is 32.1 Å². The van der Waals surface area contributed by atoms with Gasteiger partial charge in [-0.25, -0.2) is 4.98 Å². The average molecular weight is 264 g/mol. The van der Waals surface area contributed by atoms with Gasteiger partial charge in [-0.3, -0.25) is 4.79 Å². The SMILES string of the molecule is COc1ncccc1C(=O)NC1(CO)CCCCC1. The zero-order chi connectivity index (χ0) is 13.7. The van der Waals surface area contributed by atoms with E-state index >= 15 is 0 Å². The Hall–Kier alpha value is -1.62. The van der Waals surface area contributed by atoms with Gasteiger partial charge in [0.1, 0.15) is 5.56 Å². The van der Waals surface area contributed by atoms with E-state index in [-0.39, 0.29) is 12.5 Å². The summed E-state index contributed by atoms with van der Waals surface area (Å²) in [7, 11) is 1.49. The minimum Gasteiger partial charge on any atom is -0.480 e. The summed E-state index contributed by atoms with van der Waals surface area (Å²) in [6.07, 6.45) is 6.44. The quantitative estimate of drug-likeness (QED) is 0.865. The third kappa shape index (κ3) is 3.04. The van der Waals surface area contributed by atoms with Crippen LogP contribution in [0.3, 0.4) is 0 Å². The van der Waals surface area contributed by atoms with Gasteiger partial charge in [0.25, 0.3) is 5.91 Å². The molecule has 1 fully saturated rings. The van der Waals surface area contributed by atoms with Gasteiger partial charge in [0.15, 0.2) is 0 Å². The van der Waals surface area contributed by atoms with Crippen LogP contribution in [0.25, 0.3) is 0 Å². The Balaban J connectivity index is 2.15. The van der Waals surface area contributed by atoms with Crippen molar-refractivity contribution in [3.8, 4) is 5.88 Å². The normalized spacial score (nSPS) is 17.8. The van der Waals surface area contributed by atoms with Crippen LogP contribution >= 0.6 is 0 Å². The van der Waals surface area contributed by atoms with Crippen molar-refractivity contribution >= 4 is 5.91 Å². The number of ether oxygens (including phenoxy) is 1. The van der Waals surface area contributed by atoms with Gasteiger partial charge in [-0.15, -0.1) is 0 Å². The van der Waals surface area contributed by atoms with Crippen LogP contribution < -0.4 is 10.1 Å². The van der Waals surface area contributed by atoms with Gasteiger partial charge in [-0.05, 0) is 25.0 Å². The van der Waals surface area contributed by atoms with Crippen molar-refractivity contribution in [1.82, 2.24) is 10.3 Å². The number of hydrogen-bond acceptors (Lipinski definition) is 4. The molecule has 0 saturated heterocycles. The van der Waals surface area contributed by atoms with Gasteiger partial charge in [-0.1, -0.05) is 19.3 Å². The summed E-state index contributed by atoms with van der Waals surface area (Å²) in [5, 5.41) is 12.6. The minimum absolute atomic E-state index is 0.0265. The van der Waals surface area contributed by atoms with Crippen molar-refractivity contribution in [3.63, 3.8) is 0 Å². The highest BCUT2D eigenvalue weighted by atomic mass is 16.5. The molecule has 1 heterocycles. The Morgan fingerprint density at radius 3 is 2.84 bits per heavy atom.